The van der Waals surface area contributed by atoms with Gasteiger partial charge in [-0.05, 0) is 54.3 Å². The summed E-state index contributed by atoms with van der Waals surface area (Å²) in [5.74, 6) is 0.791. The average Bonchev–Trinajstić information content (AvgIpc) is 2.70. The van der Waals surface area contributed by atoms with Crippen molar-refractivity contribution >= 4 is 17.7 Å². The molecule has 0 heterocycles. The molecule has 2 rings (SSSR count). The molecule has 1 amide bonds. The van der Waals surface area contributed by atoms with E-state index in [1.807, 2.05) is 30.3 Å². The normalized spacial score (nSPS) is 10.4. The van der Waals surface area contributed by atoms with Gasteiger partial charge in [-0.15, -0.1) is 0 Å². The molecule has 0 saturated heterocycles. The third kappa shape index (κ3) is 6.52. The fraction of sp³-hybridized carbons (Fsp3) is 0.273. The summed E-state index contributed by atoms with van der Waals surface area (Å²) < 4.78 is 10.5. The van der Waals surface area contributed by atoms with Crippen LogP contribution >= 0.6 is 0 Å². The standard InChI is InChI=1S/C22H24N2O3/c1-3-4-5-17-6-10-19(11-7-17)24-22(25)13-9-18-8-12-20(27-15-14-23)21(16-18)26-2/h6-13,16H,3-5,15H2,1-2H3,(H,24,25)/b13-9+. The summed E-state index contributed by atoms with van der Waals surface area (Å²) in [6.45, 7) is 2.12. The van der Waals surface area contributed by atoms with Gasteiger partial charge in [0.1, 0.15) is 6.07 Å². The number of hydrogen-bond donors (Lipinski definition) is 1. The second kappa shape index (κ2) is 10.7. The van der Waals surface area contributed by atoms with Crippen LogP contribution in [0.3, 0.4) is 0 Å². The molecule has 0 aliphatic carbocycles. The highest BCUT2D eigenvalue weighted by molar-refractivity contribution is 6.01. The molecule has 0 radical (unpaired) electrons. The zero-order chi connectivity index (χ0) is 19.5. The number of unbranched alkanes of at least 4 members (excludes halogenated alkanes) is 1. The van der Waals surface area contributed by atoms with E-state index in [9.17, 15) is 4.79 Å². The van der Waals surface area contributed by atoms with Gasteiger partial charge in [0.2, 0.25) is 5.91 Å². The maximum Gasteiger partial charge on any atom is 0.248 e. The molecule has 2 aromatic rings. The van der Waals surface area contributed by atoms with Crippen LogP contribution in [0.1, 0.15) is 30.9 Å². The maximum atomic E-state index is 12.1. The van der Waals surface area contributed by atoms with E-state index in [2.05, 4.69) is 12.2 Å². The van der Waals surface area contributed by atoms with E-state index in [4.69, 9.17) is 14.7 Å². The van der Waals surface area contributed by atoms with Gasteiger partial charge in [-0.25, -0.2) is 0 Å². The lowest BCUT2D eigenvalue weighted by Crippen LogP contribution is -2.07. The molecule has 0 spiro atoms. The molecule has 1 N–H and O–H groups in total. The van der Waals surface area contributed by atoms with Crippen LogP contribution in [0.25, 0.3) is 6.08 Å². The molecule has 0 saturated carbocycles. The fourth-order valence-corrected chi connectivity index (χ4v) is 2.51. The van der Waals surface area contributed by atoms with Gasteiger partial charge in [0.05, 0.1) is 7.11 Å². The van der Waals surface area contributed by atoms with E-state index < -0.39 is 0 Å². The van der Waals surface area contributed by atoms with Crippen LogP contribution in [-0.2, 0) is 11.2 Å². The van der Waals surface area contributed by atoms with E-state index in [1.165, 1.54) is 25.2 Å². The first-order valence-corrected chi connectivity index (χ1v) is 8.92. The number of nitriles is 1. The molecule has 0 unspecified atom stereocenters. The number of carbonyl (C=O) groups excluding carboxylic acids is 1. The lowest BCUT2D eigenvalue weighted by molar-refractivity contribution is -0.111. The number of rotatable bonds is 9. The first-order chi connectivity index (χ1) is 13.2. The van der Waals surface area contributed by atoms with Crippen molar-refractivity contribution < 1.29 is 14.3 Å². The van der Waals surface area contributed by atoms with Crippen molar-refractivity contribution in [3.05, 3.63) is 59.7 Å². The Kier molecular flexibility index (Phi) is 7.92. The number of hydrogen-bond acceptors (Lipinski definition) is 4. The Bertz CT molecular complexity index is 820. The second-order valence-electron chi connectivity index (χ2n) is 5.98. The van der Waals surface area contributed by atoms with Gasteiger partial charge in [-0.3, -0.25) is 4.79 Å². The van der Waals surface area contributed by atoms with Crippen molar-refractivity contribution in [3.8, 4) is 17.6 Å². The predicted molar refractivity (Wildman–Crippen MR) is 107 cm³/mol. The lowest BCUT2D eigenvalue weighted by Gasteiger charge is -2.08. The molecule has 0 aliphatic heterocycles. The third-order valence-corrected chi connectivity index (χ3v) is 3.95. The minimum atomic E-state index is -0.208. The molecule has 0 aromatic heterocycles. The van der Waals surface area contributed by atoms with Crippen LogP contribution in [0.15, 0.2) is 48.5 Å². The molecular formula is C22H24N2O3. The molecule has 0 fully saturated rings. The van der Waals surface area contributed by atoms with Crippen molar-refractivity contribution in [3.63, 3.8) is 0 Å². The topological polar surface area (TPSA) is 71.3 Å². The van der Waals surface area contributed by atoms with Crippen LogP contribution in [-0.4, -0.2) is 19.6 Å². The summed E-state index contributed by atoms with van der Waals surface area (Å²) in [5, 5.41) is 11.4. The summed E-state index contributed by atoms with van der Waals surface area (Å²) >= 11 is 0. The minimum Gasteiger partial charge on any atom is -0.493 e. The van der Waals surface area contributed by atoms with Gasteiger partial charge in [0, 0.05) is 11.8 Å². The molecule has 2 aromatic carbocycles. The van der Waals surface area contributed by atoms with Gasteiger partial charge in [-0.1, -0.05) is 31.5 Å². The summed E-state index contributed by atoms with van der Waals surface area (Å²) in [6.07, 6.45) is 6.55. The Morgan fingerprint density at radius 1 is 1.19 bits per heavy atom. The number of ether oxygens (including phenoxy) is 2. The quantitative estimate of drug-likeness (QED) is 0.661. The van der Waals surface area contributed by atoms with Crippen LogP contribution in [0.5, 0.6) is 11.5 Å². The monoisotopic (exact) mass is 364 g/mol. The summed E-state index contributed by atoms with van der Waals surface area (Å²) in [6, 6.07) is 15.1. The zero-order valence-corrected chi connectivity index (χ0v) is 15.7. The van der Waals surface area contributed by atoms with E-state index in [0.29, 0.717) is 11.5 Å². The highest BCUT2D eigenvalue weighted by Gasteiger charge is 2.05. The van der Waals surface area contributed by atoms with Crippen LogP contribution < -0.4 is 14.8 Å². The van der Waals surface area contributed by atoms with Gasteiger partial charge in [-0.2, -0.15) is 5.26 Å². The highest BCUT2D eigenvalue weighted by atomic mass is 16.5. The van der Waals surface area contributed by atoms with Crippen LogP contribution in [0, 0.1) is 11.3 Å². The number of nitrogens with zero attached hydrogens (tertiary/aromatic N) is 1. The van der Waals surface area contributed by atoms with Crippen LogP contribution in [0.4, 0.5) is 5.69 Å². The Hall–Kier alpha value is -3.26. The summed E-state index contributed by atoms with van der Waals surface area (Å²) in [4.78, 5) is 12.1. The number of nitrogens with one attached hydrogen (secondary N) is 1. The smallest absolute Gasteiger partial charge is 0.248 e. The summed E-state index contributed by atoms with van der Waals surface area (Å²) in [5.41, 5.74) is 2.83. The Labute approximate surface area is 160 Å². The Balaban J connectivity index is 1.96. The fourth-order valence-electron chi connectivity index (χ4n) is 2.51. The molecule has 5 heteroatoms. The number of methoxy groups -OCH3 is 1. The molecule has 5 nitrogen and oxygen atoms in total. The molecule has 0 aliphatic rings. The molecule has 0 bridgehead atoms. The van der Waals surface area contributed by atoms with Crippen molar-refractivity contribution in [2.45, 2.75) is 26.2 Å². The van der Waals surface area contributed by atoms with E-state index in [-0.39, 0.29) is 12.5 Å². The molecule has 0 atom stereocenters. The van der Waals surface area contributed by atoms with Crippen molar-refractivity contribution in [1.29, 1.82) is 5.26 Å². The van der Waals surface area contributed by atoms with Gasteiger partial charge in [0.25, 0.3) is 0 Å². The lowest BCUT2D eigenvalue weighted by atomic mass is 10.1. The first kappa shape index (κ1) is 20.1. The first-order valence-electron chi connectivity index (χ1n) is 8.92. The number of aryl methyl sites for hydroxylation is 1. The molecule has 140 valence electrons. The largest absolute Gasteiger partial charge is 0.493 e. The SMILES string of the molecule is CCCCc1ccc(NC(=O)/C=C/c2ccc(OCC#N)c(OC)c2)cc1. The van der Waals surface area contributed by atoms with Crippen molar-refractivity contribution in [1.82, 2.24) is 0 Å². The number of anilines is 1. The average molecular weight is 364 g/mol. The van der Waals surface area contributed by atoms with Gasteiger partial charge >= 0.3 is 0 Å². The third-order valence-electron chi connectivity index (χ3n) is 3.95. The number of carbonyl (C=O) groups is 1. The maximum absolute atomic E-state index is 12.1. The highest BCUT2D eigenvalue weighted by Crippen LogP contribution is 2.28. The Morgan fingerprint density at radius 2 is 1.96 bits per heavy atom. The number of amides is 1. The van der Waals surface area contributed by atoms with E-state index in [0.717, 1.165) is 24.1 Å². The molecule has 27 heavy (non-hydrogen) atoms. The number of benzene rings is 2. The van der Waals surface area contributed by atoms with Gasteiger partial charge in [0.15, 0.2) is 18.1 Å². The van der Waals surface area contributed by atoms with Crippen molar-refractivity contribution in [2.75, 3.05) is 19.0 Å². The Morgan fingerprint density at radius 3 is 2.63 bits per heavy atom. The minimum absolute atomic E-state index is 0.0504. The zero-order valence-electron chi connectivity index (χ0n) is 15.7. The second-order valence-corrected chi connectivity index (χ2v) is 5.98. The van der Waals surface area contributed by atoms with Crippen LogP contribution in [0.2, 0.25) is 0 Å². The molecular weight excluding hydrogens is 340 g/mol. The predicted octanol–water partition coefficient (Wildman–Crippen LogP) is 4.59. The van der Waals surface area contributed by atoms with Crippen molar-refractivity contribution in [2.24, 2.45) is 0 Å². The van der Waals surface area contributed by atoms with E-state index >= 15 is 0 Å². The van der Waals surface area contributed by atoms with E-state index in [1.54, 1.807) is 24.3 Å². The summed E-state index contributed by atoms with van der Waals surface area (Å²) in [7, 11) is 1.53. The van der Waals surface area contributed by atoms with Gasteiger partial charge < -0.3 is 14.8 Å².